The monoisotopic (exact) mass is 1530 g/mol. The number of hydrogen-bond acceptors (Lipinski definition) is 14. The van der Waals surface area contributed by atoms with Crippen LogP contribution in [0.4, 0.5) is 0 Å². The maximum absolute atomic E-state index is 12.4. The Morgan fingerprint density at radius 3 is 0.972 bits per heavy atom. The van der Waals surface area contributed by atoms with E-state index in [0.29, 0.717) is 78.8 Å². The summed E-state index contributed by atoms with van der Waals surface area (Å²) in [6.45, 7) is 55.2. The first kappa shape index (κ1) is 100. The van der Waals surface area contributed by atoms with Gasteiger partial charge in [-0.25, -0.2) is 8.42 Å². The fraction of sp³-hybridized carbons (Fsp3) is 0.742. The van der Waals surface area contributed by atoms with Crippen molar-refractivity contribution in [3.63, 3.8) is 0 Å². The van der Waals surface area contributed by atoms with Crippen LogP contribution < -0.4 is 53.1 Å². The molecule has 0 saturated heterocycles. The van der Waals surface area contributed by atoms with Gasteiger partial charge >= 0.3 is 5.97 Å². The molecule has 3 aromatic rings. The van der Waals surface area contributed by atoms with Gasteiger partial charge in [0.15, 0.2) is 22.4 Å². The predicted molar refractivity (Wildman–Crippen MR) is 449 cm³/mol. The van der Waals surface area contributed by atoms with Crippen molar-refractivity contribution in [2.24, 2.45) is 93.9 Å². The van der Waals surface area contributed by atoms with E-state index >= 15 is 0 Å². The van der Waals surface area contributed by atoms with Crippen molar-refractivity contribution in [3.05, 3.63) is 88.0 Å². The van der Waals surface area contributed by atoms with E-state index in [2.05, 4.69) is 210 Å². The van der Waals surface area contributed by atoms with Gasteiger partial charge in [0.05, 0.1) is 0 Å². The molecule has 0 heterocycles. The Morgan fingerprint density at radius 2 is 0.722 bits per heavy atom. The smallest absolute Gasteiger partial charge is 0.308 e. The number of amides is 4. The van der Waals surface area contributed by atoms with Gasteiger partial charge in [0.1, 0.15) is 17.2 Å². The molecule has 19 heteroatoms. The highest BCUT2D eigenvalue weighted by Crippen LogP contribution is 2.39. The van der Waals surface area contributed by atoms with E-state index in [-0.39, 0.29) is 101 Å². The number of nitrogens with two attached hydrogens (primary N) is 4. The summed E-state index contributed by atoms with van der Waals surface area (Å²) >= 11 is 0. The molecule has 11 N–H and O–H groups in total. The van der Waals surface area contributed by atoms with Gasteiger partial charge in [0.2, 0.25) is 24.5 Å². The largest absolute Gasteiger partial charge is 0.483 e. The summed E-state index contributed by atoms with van der Waals surface area (Å²) in [5.41, 5.74) is 31.4. The topological polar surface area (TPSA) is 297 Å². The second kappa shape index (κ2) is 49.6. The summed E-state index contributed by atoms with van der Waals surface area (Å²) in [4.78, 5) is 60.0. The molecule has 108 heavy (non-hydrogen) atoms. The average molecular weight is 1530 g/mol. The summed E-state index contributed by atoms with van der Waals surface area (Å²) in [6, 6.07) is 18.9. The van der Waals surface area contributed by atoms with E-state index in [9.17, 15) is 32.4 Å². The van der Waals surface area contributed by atoms with Crippen LogP contribution in [0.5, 0.6) is 17.2 Å². The van der Waals surface area contributed by atoms with Crippen LogP contribution in [0.3, 0.4) is 0 Å². The maximum atomic E-state index is 12.4. The molecule has 620 valence electrons. The molecule has 0 aliphatic heterocycles. The minimum atomic E-state index is -3.25. The number of hydrogen-bond donors (Lipinski definition) is 7. The number of sulfone groups is 1. The van der Waals surface area contributed by atoms with Crippen LogP contribution in [0, 0.1) is 71.0 Å². The zero-order chi connectivity index (χ0) is 82.6. The highest BCUT2D eigenvalue weighted by Gasteiger charge is 2.31. The molecule has 18 nitrogen and oxygen atoms in total. The van der Waals surface area contributed by atoms with Crippen LogP contribution in [0.1, 0.15) is 290 Å². The molecular weight excluding hydrogens is 1380 g/mol. The van der Waals surface area contributed by atoms with Crippen molar-refractivity contribution < 1.29 is 51.3 Å². The summed E-state index contributed by atoms with van der Waals surface area (Å²) in [7, 11) is -3.25. The molecule has 0 saturated carbocycles. The standard InChI is InChI=1S/C31H54N2O4.C29H51N3O3.C29H52N2O4S/c1-10-12-15-33-30(35)23(6)17-27(32)22(5)16-25(21(3)4)18-24-13-14-26(31(7,8)9)28(19-24)36-20-37-29(34)11-2;1-9-10-13-32-28(34)21(5)15-25(30)20(4)14-23(19(2)3)16-22-11-12-24(29(6,7)8)26(17-22)35-18-27(31)33;1-10-11-14-31-28(32)22(5)16-26(30)21(4)15-24(20(2)3)17-23-12-13-25(29(6,7)8)27(18-23)35-19-36(9,33)34/h13-14,19,21-23,25,27H,10-12,15-18,20,32H2,1-9H3,(H,33,35);11-12,17,19-21,23,25H,9-10,13-16,18,30H2,1-8H3,(H2,31,33)(H,32,34);12-13,18,20-22,24,26H,10-11,14-17,19,30H2,1-9H3,(H,31,32)/t22-,23?,25+,27-;20-,21?,23+,25-;21-,22?,24+,26-/m000/s1. The Morgan fingerprint density at radius 1 is 0.435 bits per heavy atom. The number of esters is 1. The summed E-state index contributed by atoms with van der Waals surface area (Å²) in [5, 5.41) is 9.07. The molecule has 0 aliphatic rings. The molecule has 0 radical (unpaired) electrons. The molecule has 0 spiro atoms. The van der Waals surface area contributed by atoms with E-state index in [1.165, 1.54) is 17.4 Å². The van der Waals surface area contributed by atoms with Crippen molar-refractivity contribution in [1.82, 2.24) is 16.0 Å². The van der Waals surface area contributed by atoms with E-state index in [1.807, 2.05) is 26.8 Å². The van der Waals surface area contributed by atoms with Crippen molar-refractivity contribution in [2.75, 3.05) is 45.2 Å². The third kappa shape index (κ3) is 39.9. The Bertz CT molecular complexity index is 3220. The number of primary amides is 1. The second-order valence-corrected chi connectivity index (χ2v) is 38.0. The van der Waals surface area contributed by atoms with E-state index < -0.39 is 15.7 Å². The van der Waals surface area contributed by atoms with Gasteiger partial charge in [-0.3, -0.25) is 24.0 Å². The lowest BCUT2D eigenvalue weighted by Crippen LogP contribution is -2.37. The fourth-order valence-electron chi connectivity index (χ4n) is 13.4. The molecule has 0 fully saturated rings. The molecule has 3 rings (SSSR count). The van der Waals surface area contributed by atoms with E-state index in [1.54, 1.807) is 6.92 Å². The summed E-state index contributed by atoms with van der Waals surface area (Å²) in [6.07, 6.45) is 15.4. The number of rotatable bonds is 46. The molecule has 12 atom stereocenters. The highest BCUT2D eigenvalue weighted by molar-refractivity contribution is 7.90. The lowest BCUT2D eigenvalue weighted by molar-refractivity contribution is -0.149. The van der Waals surface area contributed by atoms with Gasteiger partial charge < -0.3 is 57.8 Å². The van der Waals surface area contributed by atoms with Gasteiger partial charge in [-0.1, -0.05) is 229 Å². The molecule has 0 bridgehead atoms. The Balaban J connectivity index is 0.000000810. The number of carbonyl (C=O) groups excluding carboxylic acids is 5. The van der Waals surface area contributed by atoms with Crippen molar-refractivity contribution >= 4 is 39.4 Å². The van der Waals surface area contributed by atoms with E-state index in [4.69, 9.17) is 41.9 Å². The van der Waals surface area contributed by atoms with Gasteiger partial charge in [-0.15, -0.1) is 0 Å². The normalized spacial score (nSPS) is 15.4. The van der Waals surface area contributed by atoms with Gasteiger partial charge in [-0.05, 0) is 198 Å². The van der Waals surface area contributed by atoms with Crippen molar-refractivity contribution in [2.45, 2.75) is 310 Å². The average Bonchev–Trinajstić information content (AvgIpc) is 0.825. The van der Waals surface area contributed by atoms with Gasteiger partial charge in [0.25, 0.3) is 5.91 Å². The van der Waals surface area contributed by atoms with Crippen LogP contribution in [-0.4, -0.2) is 101 Å². The van der Waals surface area contributed by atoms with Crippen LogP contribution in [0.15, 0.2) is 54.6 Å². The molecule has 3 unspecified atom stereocenters. The minimum absolute atomic E-state index is 0.0245. The Kier molecular flexibility index (Phi) is 46.0. The summed E-state index contributed by atoms with van der Waals surface area (Å²) in [5.74, 6) is 4.67. The molecule has 0 aliphatic carbocycles. The molecular formula is C89H157N7O11S. The van der Waals surface area contributed by atoms with Gasteiger partial charge in [-0.2, -0.15) is 0 Å². The van der Waals surface area contributed by atoms with Crippen molar-refractivity contribution in [1.29, 1.82) is 0 Å². The number of benzene rings is 3. The predicted octanol–water partition coefficient (Wildman–Crippen LogP) is 16.8. The Labute approximate surface area is 657 Å². The second-order valence-electron chi connectivity index (χ2n) is 35.9. The van der Waals surface area contributed by atoms with Crippen molar-refractivity contribution in [3.8, 4) is 17.2 Å². The quantitative estimate of drug-likeness (QED) is 0.0157. The fourth-order valence-corrected chi connectivity index (χ4v) is 13.8. The third-order valence-electron chi connectivity index (χ3n) is 21.3. The van der Waals surface area contributed by atoms with Crippen LogP contribution in [0.2, 0.25) is 0 Å². The maximum Gasteiger partial charge on any atom is 0.308 e. The lowest BCUT2D eigenvalue weighted by atomic mass is 9.78. The van der Waals surface area contributed by atoms with Gasteiger partial charge in [0, 0.05) is 68.2 Å². The molecule has 0 aromatic heterocycles. The van der Waals surface area contributed by atoms with Crippen LogP contribution in [-0.2, 0) is 74.1 Å². The summed E-state index contributed by atoms with van der Waals surface area (Å²) < 4.78 is 46.1. The van der Waals surface area contributed by atoms with Crippen LogP contribution in [0.25, 0.3) is 0 Å². The Hall–Kier alpha value is -5.76. The number of ether oxygens (including phenoxy) is 4. The number of unbranched alkanes of at least 4 members (excludes halogenated alkanes) is 3. The van der Waals surface area contributed by atoms with E-state index in [0.717, 1.165) is 130 Å². The SMILES string of the molecule is CCCCNC(=O)C(C)C[C@H](N)[C@@H](C)C[C@H](Cc1ccc(C(C)(C)C)c(OCC(N)=O)c1)C(C)C.CCCCNC(=O)C(C)C[C@H](N)[C@@H](C)C[C@H](Cc1ccc(C(C)(C)C)c(OCOC(=O)CC)c1)C(C)C.CCCCNC(=O)C(C)C[C@H](N)[C@@H](C)C[C@H](Cc1ccc(C(C)(C)C)c(OCS(C)(=O)=O)c1)C(C)C. The zero-order valence-corrected chi connectivity index (χ0v) is 73.4. The lowest BCUT2D eigenvalue weighted by Gasteiger charge is -2.29. The third-order valence-corrected chi connectivity index (χ3v) is 21.9. The minimum Gasteiger partial charge on any atom is -0.483 e. The first-order chi connectivity index (χ1) is 50.1. The number of carbonyl (C=O) groups is 5. The first-order valence-corrected chi connectivity index (χ1v) is 43.2. The zero-order valence-electron chi connectivity index (χ0n) is 72.6. The molecule has 4 amide bonds. The molecule has 3 aromatic carbocycles. The van der Waals surface area contributed by atoms with Crippen LogP contribution >= 0.6 is 0 Å². The number of nitrogens with one attached hydrogen (secondary N) is 3. The highest BCUT2D eigenvalue weighted by atomic mass is 32.2. The first-order valence-electron chi connectivity index (χ1n) is 41.1.